The maximum absolute atomic E-state index is 15.7. The van der Waals surface area contributed by atoms with Gasteiger partial charge in [-0.25, -0.2) is 13.2 Å². The summed E-state index contributed by atoms with van der Waals surface area (Å²) in [4.78, 5) is 45.7. The molecule has 14 heteroatoms. The number of ether oxygens (including phenoxy) is 1. The number of rotatable bonds is 16. The van der Waals surface area contributed by atoms with Crippen LogP contribution in [0.25, 0.3) is 0 Å². The quantitative estimate of drug-likeness (QED) is 0.0415. The highest BCUT2D eigenvalue weighted by atomic mass is 32.2. The van der Waals surface area contributed by atoms with Crippen LogP contribution in [0.5, 0.6) is 5.75 Å². The number of imide groups is 1. The highest BCUT2D eigenvalue weighted by Crippen LogP contribution is 2.43. The lowest BCUT2D eigenvalue weighted by atomic mass is 9.88. The molecule has 1 heterocycles. The van der Waals surface area contributed by atoms with Crippen molar-refractivity contribution in [2.45, 2.75) is 95.3 Å². The molecule has 5 aromatic rings. The molecule has 0 saturated carbocycles. The summed E-state index contributed by atoms with van der Waals surface area (Å²) >= 11 is 0. The maximum atomic E-state index is 15.7. The number of nitrogens with zero attached hydrogens (tertiary/aromatic N) is 2. The number of carbonyl (C=O) groups is 3. The number of fused-ring (bicyclic) bond motifs is 1. The number of primary amides is 1. The molecule has 4 amide bonds. The first-order chi connectivity index (χ1) is 30.0. The lowest BCUT2D eigenvalue weighted by Crippen LogP contribution is -2.51. The van der Waals surface area contributed by atoms with Gasteiger partial charge in [0, 0.05) is 13.1 Å². The maximum Gasteiger partial charge on any atom is 0.312 e. The lowest BCUT2D eigenvalue weighted by Gasteiger charge is -2.37. The molecule has 0 bridgehead atoms. The van der Waals surface area contributed by atoms with Crippen molar-refractivity contribution < 1.29 is 27.5 Å². The van der Waals surface area contributed by atoms with E-state index in [1.54, 1.807) is 38.1 Å². The predicted octanol–water partition coefficient (Wildman–Crippen LogP) is 6.56. The van der Waals surface area contributed by atoms with E-state index in [0.29, 0.717) is 57.5 Å². The molecule has 330 valence electrons. The Morgan fingerprint density at radius 3 is 1.83 bits per heavy atom. The Bertz CT molecular complexity index is 2530. The Balaban J connectivity index is 1.47. The number of carbonyl (C=O) groups excluding carboxylic acids is 3. The molecule has 0 saturated heterocycles. The van der Waals surface area contributed by atoms with Gasteiger partial charge in [0.15, 0.2) is 5.96 Å². The van der Waals surface area contributed by atoms with E-state index in [2.05, 4.69) is 15.6 Å². The first-order valence-corrected chi connectivity index (χ1v) is 22.5. The SMILES string of the molecule is Cc1c(C)c(S(=O)(=O)N(Cc2ccc(C(NC(N)=O)c3ccccc3)cc2)[C@@H](CCCN=C(N)N)C(=O)NC(=O)C(c2ccccc2)c2ccccc2)c(C)c2c1OC(C)(C)CC2. The fourth-order valence-electron chi connectivity index (χ4n) is 8.32. The average molecular weight is 872 g/mol. The average Bonchev–Trinajstić information content (AvgIpc) is 3.25. The number of hydrogen-bond acceptors (Lipinski definition) is 7. The third-order valence-electron chi connectivity index (χ3n) is 11.7. The van der Waals surface area contributed by atoms with Crippen molar-refractivity contribution in [1.29, 1.82) is 0 Å². The fraction of sp³-hybridized carbons (Fsp3) is 0.306. The molecule has 0 spiro atoms. The van der Waals surface area contributed by atoms with Gasteiger partial charge in [-0.1, -0.05) is 115 Å². The van der Waals surface area contributed by atoms with Crippen LogP contribution in [0.15, 0.2) is 125 Å². The molecule has 0 radical (unpaired) electrons. The molecule has 8 N–H and O–H groups in total. The highest BCUT2D eigenvalue weighted by Gasteiger charge is 2.41. The number of amides is 4. The number of benzene rings is 5. The molecule has 1 aliphatic heterocycles. The second-order valence-corrected chi connectivity index (χ2v) is 18.4. The highest BCUT2D eigenvalue weighted by molar-refractivity contribution is 7.89. The molecule has 13 nitrogen and oxygen atoms in total. The molecular weight excluding hydrogens is 815 g/mol. The zero-order valence-electron chi connectivity index (χ0n) is 36.4. The van der Waals surface area contributed by atoms with Crippen molar-refractivity contribution in [3.63, 3.8) is 0 Å². The van der Waals surface area contributed by atoms with Gasteiger partial charge in [-0.15, -0.1) is 0 Å². The van der Waals surface area contributed by atoms with Crippen molar-refractivity contribution >= 4 is 33.8 Å². The van der Waals surface area contributed by atoms with E-state index in [4.69, 9.17) is 21.9 Å². The van der Waals surface area contributed by atoms with Gasteiger partial charge in [0.1, 0.15) is 17.4 Å². The minimum atomic E-state index is -4.54. The Morgan fingerprint density at radius 2 is 1.29 bits per heavy atom. The molecule has 0 aliphatic carbocycles. The molecule has 5 aromatic carbocycles. The van der Waals surface area contributed by atoms with E-state index < -0.39 is 51.5 Å². The van der Waals surface area contributed by atoms with E-state index in [-0.39, 0.29) is 36.8 Å². The number of sulfonamides is 1. The van der Waals surface area contributed by atoms with Crippen LogP contribution in [-0.4, -0.2) is 54.7 Å². The summed E-state index contributed by atoms with van der Waals surface area (Å²) < 4.78 is 39.0. The zero-order valence-corrected chi connectivity index (χ0v) is 37.2. The smallest absolute Gasteiger partial charge is 0.312 e. The van der Waals surface area contributed by atoms with E-state index in [0.717, 1.165) is 11.1 Å². The monoisotopic (exact) mass is 871 g/mol. The van der Waals surface area contributed by atoms with Gasteiger partial charge >= 0.3 is 6.03 Å². The van der Waals surface area contributed by atoms with Gasteiger partial charge in [-0.05, 0) is 110 Å². The molecule has 6 rings (SSSR count). The van der Waals surface area contributed by atoms with Gasteiger partial charge in [0.05, 0.1) is 16.9 Å². The van der Waals surface area contributed by atoms with Crippen LogP contribution in [0.1, 0.15) is 95.1 Å². The fourth-order valence-corrected chi connectivity index (χ4v) is 10.5. The molecule has 63 heavy (non-hydrogen) atoms. The van der Waals surface area contributed by atoms with Crippen LogP contribution in [0, 0.1) is 20.8 Å². The number of hydrogen-bond donors (Lipinski definition) is 5. The van der Waals surface area contributed by atoms with Crippen LogP contribution < -0.4 is 32.6 Å². The van der Waals surface area contributed by atoms with Crippen molar-refractivity contribution in [3.05, 3.63) is 165 Å². The minimum absolute atomic E-state index is 0.0352. The van der Waals surface area contributed by atoms with E-state index in [1.165, 1.54) is 4.31 Å². The topological polar surface area (TPSA) is 212 Å². The van der Waals surface area contributed by atoms with Gasteiger partial charge in [0.25, 0.3) is 0 Å². The summed E-state index contributed by atoms with van der Waals surface area (Å²) in [5, 5.41) is 5.43. The van der Waals surface area contributed by atoms with Crippen molar-refractivity contribution in [1.82, 2.24) is 14.9 Å². The lowest BCUT2D eigenvalue weighted by molar-refractivity contribution is -0.133. The molecule has 2 atom stereocenters. The summed E-state index contributed by atoms with van der Waals surface area (Å²) in [6.07, 6.45) is 1.44. The largest absolute Gasteiger partial charge is 0.487 e. The molecule has 1 aliphatic rings. The first kappa shape index (κ1) is 46.0. The van der Waals surface area contributed by atoms with Gasteiger partial charge < -0.3 is 27.3 Å². The zero-order chi connectivity index (χ0) is 45.5. The molecular formula is C49H57N7O6S. The molecule has 1 unspecified atom stereocenters. The Hall–Kier alpha value is -6.51. The second kappa shape index (κ2) is 19.7. The Morgan fingerprint density at radius 1 is 0.746 bits per heavy atom. The third-order valence-corrected chi connectivity index (χ3v) is 13.8. The standard InChI is InChI=1S/C49H57N7O6S/c1-31-32(2)44(33(3)39-27-28-49(4,5)62-43(31)39)63(60,61)56(30-34-23-25-38(26-24-34)42(54-48(52)59)37-20-13-8-14-21-37)40(22-15-29-53-47(50)51)45(57)55-46(58)41(35-16-9-6-10-17-35)36-18-11-7-12-19-36/h6-14,16-21,23-26,40-42H,15,22,27-30H2,1-5H3,(H4,50,51,53)(H3,52,54,59)(H,55,57,58)/t40-,42?/m0/s1. The Kier molecular flexibility index (Phi) is 14.4. The predicted molar refractivity (Wildman–Crippen MR) is 245 cm³/mol. The normalized spacial score (nSPS) is 14.2. The second-order valence-electron chi connectivity index (χ2n) is 16.6. The Labute approximate surface area is 370 Å². The van der Waals surface area contributed by atoms with E-state index in [1.807, 2.05) is 112 Å². The van der Waals surface area contributed by atoms with E-state index in [9.17, 15) is 14.4 Å². The summed E-state index contributed by atoms with van der Waals surface area (Å²) in [5.74, 6) is -1.76. The minimum Gasteiger partial charge on any atom is -0.487 e. The number of urea groups is 1. The summed E-state index contributed by atoms with van der Waals surface area (Å²) in [7, 11) is -4.54. The number of guanidine groups is 1. The van der Waals surface area contributed by atoms with Gasteiger partial charge in [-0.3, -0.25) is 19.9 Å². The van der Waals surface area contributed by atoms with E-state index >= 15 is 8.42 Å². The van der Waals surface area contributed by atoms with Crippen LogP contribution in [-0.2, 0) is 32.6 Å². The van der Waals surface area contributed by atoms with Gasteiger partial charge in [0.2, 0.25) is 21.8 Å². The number of aliphatic imine (C=N–C) groups is 1. The molecule has 0 aromatic heterocycles. The number of nitrogens with two attached hydrogens (primary N) is 3. The van der Waals surface area contributed by atoms with Crippen LogP contribution >= 0.6 is 0 Å². The summed E-state index contributed by atoms with van der Waals surface area (Å²) in [6.45, 7) is 9.26. The molecule has 0 fully saturated rings. The summed E-state index contributed by atoms with van der Waals surface area (Å²) in [5.41, 5.74) is 22.3. The van der Waals surface area contributed by atoms with Crippen LogP contribution in [0.4, 0.5) is 4.79 Å². The third kappa shape index (κ3) is 10.8. The first-order valence-electron chi connectivity index (χ1n) is 21.0. The van der Waals surface area contributed by atoms with Crippen molar-refractivity contribution in [2.75, 3.05) is 6.54 Å². The van der Waals surface area contributed by atoms with Crippen LogP contribution in [0.3, 0.4) is 0 Å². The van der Waals surface area contributed by atoms with Crippen molar-refractivity contribution in [3.8, 4) is 5.75 Å². The van der Waals surface area contributed by atoms with Crippen LogP contribution in [0.2, 0.25) is 0 Å². The van der Waals surface area contributed by atoms with Crippen molar-refractivity contribution in [2.24, 2.45) is 22.2 Å². The van der Waals surface area contributed by atoms with Gasteiger partial charge in [-0.2, -0.15) is 4.31 Å². The summed E-state index contributed by atoms with van der Waals surface area (Å²) in [6, 6.07) is 31.9. The number of nitrogens with one attached hydrogen (secondary N) is 2.